The zero-order valence-electron chi connectivity index (χ0n) is 10.2. The summed E-state index contributed by atoms with van der Waals surface area (Å²) in [6.07, 6.45) is -0.649. The van der Waals surface area contributed by atoms with Crippen LogP contribution in [0.2, 0.25) is 0 Å². The molecule has 0 saturated carbocycles. The van der Waals surface area contributed by atoms with Gasteiger partial charge in [0.05, 0.1) is 13.7 Å². The molecule has 0 radical (unpaired) electrons. The van der Waals surface area contributed by atoms with Crippen LogP contribution in [0.5, 0.6) is 0 Å². The summed E-state index contributed by atoms with van der Waals surface area (Å²) >= 11 is 0. The second-order valence-corrected chi connectivity index (χ2v) is 4.20. The molecule has 0 N–H and O–H groups in total. The van der Waals surface area contributed by atoms with E-state index >= 15 is 0 Å². The molecule has 1 aliphatic heterocycles. The Morgan fingerprint density at radius 1 is 1.47 bits per heavy atom. The van der Waals surface area contributed by atoms with Gasteiger partial charge in [-0.15, -0.1) is 0 Å². The third-order valence-corrected chi connectivity index (χ3v) is 2.98. The molecule has 0 aliphatic carbocycles. The molecule has 4 heteroatoms. The summed E-state index contributed by atoms with van der Waals surface area (Å²) in [5.41, 5.74) is 2.01. The van der Waals surface area contributed by atoms with Crippen molar-refractivity contribution in [3.05, 3.63) is 35.4 Å². The number of hydrogen-bond donors (Lipinski definition) is 0. The molecule has 1 fully saturated rings. The van der Waals surface area contributed by atoms with E-state index in [1.165, 1.54) is 7.11 Å². The van der Waals surface area contributed by atoms with Crippen LogP contribution < -0.4 is 0 Å². The van der Waals surface area contributed by atoms with Gasteiger partial charge in [0.15, 0.2) is 11.9 Å². The van der Waals surface area contributed by atoms with Gasteiger partial charge in [0.1, 0.15) is 0 Å². The van der Waals surface area contributed by atoms with E-state index in [2.05, 4.69) is 4.74 Å². The van der Waals surface area contributed by atoms with Gasteiger partial charge in [-0.25, -0.2) is 4.79 Å². The van der Waals surface area contributed by atoms with Gasteiger partial charge in [-0.1, -0.05) is 24.3 Å². The molecule has 1 saturated heterocycles. The van der Waals surface area contributed by atoms with Crippen molar-refractivity contribution in [1.82, 2.24) is 0 Å². The minimum atomic E-state index is -0.871. The zero-order valence-corrected chi connectivity index (χ0v) is 10.2. The smallest absolute Gasteiger partial charge is 0.337 e. The number of carbonyl (C=O) groups excluding carboxylic acids is 1. The van der Waals surface area contributed by atoms with Gasteiger partial charge >= 0.3 is 5.97 Å². The first-order chi connectivity index (χ1) is 8.07. The Balaban J connectivity index is 2.23. The van der Waals surface area contributed by atoms with Gasteiger partial charge in [0.25, 0.3) is 0 Å². The Labute approximate surface area is 100 Å². The first-order valence-corrected chi connectivity index (χ1v) is 5.52. The van der Waals surface area contributed by atoms with Crippen molar-refractivity contribution in [2.24, 2.45) is 0 Å². The lowest BCUT2D eigenvalue weighted by Crippen LogP contribution is -2.29. The number of esters is 1. The fourth-order valence-electron chi connectivity index (χ4n) is 2.05. The van der Waals surface area contributed by atoms with E-state index in [-0.39, 0.29) is 6.61 Å². The van der Waals surface area contributed by atoms with Gasteiger partial charge in [0.2, 0.25) is 0 Å². The van der Waals surface area contributed by atoms with E-state index in [0.717, 1.165) is 11.1 Å². The average molecular weight is 236 g/mol. The van der Waals surface area contributed by atoms with Crippen LogP contribution in [0.1, 0.15) is 18.1 Å². The lowest BCUT2D eigenvalue weighted by atomic mass is 10.0. The van der Waals surface area contributed by atoms with Crippen LogP contribution in [0.4, 0.5) is 0 Å². The highest BCUT2D eigenvalue weighted by molar-refractivity contribution is 5.75. The predicted molar refractivity (Wildman–Crippen MR) is 61.4 cm³/mol. The van der Waals surface area contributed by atoms with Crippen molar-refractivity contribution in [1.29, 1.82) is 0 Å². The number of aryl methyl sites for hydroxylation is 1. The van der Waals surface area contributed by atoms with Gasteiger partial charge in [-0.05, 0) is 19.4 Å². The molecule has 1 aromatic rings. The highest BCUT2D eigenvalue weighted by Gasteiger charge is 2.43. The van der Waals surface area contributed by atoms with Crippen LogP contribution >= 0.6 is 0 Å². The number of hydrogen-bond acceptors (Lipinski definition) is 4. The molecule has 2 atom stereocenters. The number of methoxy groups -OCH3 is 1. The minimum Gasteiger partial charge on any atom is -0.467 e. The first-order valence-electron chi connectivity index (χ1n) is 5.52. The summed E-state index contributed by atoms with van der Waals surface area (Å²) in [6, 6.07) is 7.80. The van der Waals surface area contributed by atoms with Crippen molar-refractivity contribution in [3.63, 3.8) is 0 Å². The lowest BCUT2D eigenvalue weighted by Gasteiger charge is -2.25. The van der Waals surface area contributed by atoms with Crippen LogP contribution in [-0.2, 0) is 24.8 Å². The Kier molecular flexibility index (Phi) is 3.17. The quantitative estimate of drug-likeness (QED) is 0.734. The fraction of sp³-hybridized carbons (Fsp3) is 0.462. The molecule has 0 bridgehead atoms. The molecule has 1 aromatic carbocycles. The van der Waals surface area contributed by atoms with Crippen LogP contribution in [0.15, 0.2) is 24.3 Å². The number of rotatable bonds is 2. The molecule has 0 amide bonds. The molecule has 17 heavy (non-hydrogen) atoms. The largest absolute Gasteiger partial charge is 0.467 e. The maximum Gasteiger partial charge on any atom is 0.337 e. The Morgan fingerprint density at radius 3 is 2.82 bits per heavy atom. The first kappa shape index (κ1) is 12.1. The molecule has 0 spiro atoms. The Hall–Kier alpha value is -1.39. The second kappa shape index (κ2) is 4.47. The molecule has 4 nitrogen and oxygen atoms in total. The maximum absolute atomic E-state index is 11.4. The number of benzene rings is 1. The molecule has 0 unspecified atom stereocenters. The summed E-state index contributed by atoms with van der Waals surface area (Å²) < 4.78 is 15.9. The molecule has 1 aliphatic rings. The van der Waals surface area contributed by atoms with Crippen LogP contribution in [-0.4, -0.2) is 25.8 Å². The van der Waals surface area contributed by atoms with Crippen molar-refractivity contribution in [2.45, 2.75) is 25.7 Å². The zero-order chi connectivity index (χ0) is 12.5. The second-order valence-electron chi connectivity index (χ2n) is 4.20. The third kappa shape index (κ3) is 2.18. The predicted octanol–water partition coefficient (Wildman–Crippen LogP) is 1.76. The summed E-state index contributed by atoms with van der Waals surface area (Å²) in [5.74, 6) is -1.27. The Bertz CT molecular complexity index is 429. The van der Waals surface area contributed by atoms with Crippen molar-refractivity contribution in [2.75, 3.05) is 13.7 Å². The highest BCUT2D eigenvalue weighted by Crippen LogP contribution is 2.35. The summed E-state index contributed by atoms with van der Waals surface area (Å²) in [6.45, 7) is 4.02. The molecule has 2 rings (SSSR count). The van der Waals surface area contributed by atoms with Crippen molar-refractivity contribution < 1.29 is 19.0 Å². The SMILES string of the molecule is COC(=O)[C@H]1CO[C@@](C)(c2ccccc2C)O1. The van der Waals surface area contributed by atoms with Crippen LogP contribution in [0.3, 0.4) is 0 Å². The van der Waals surface area contributed by atoms with E-state index in [9.17, 15) is 4.79 Å². The average Bonchev–Trinajstić information content (AvgIpc) is 2.72. The van der Waals surface area contributed by atoms with Gasteiger partial charge in [0, 0.05) is 5.56 Å². The van der Waals surface area contributed by atoms with Gasteiger partial charge < -0.3 is 14.2 Å². The van der Waals surface area contributed by atoms with E-state index < -0.39 is 17.9 Å². The van der Waals surface area contributed by atoms with Crippen molar-refractivity contribution in [3.8, 4) is 0 Å². The number of carbonyl (C=O) groups is 1. The molecule has 0 aromatic heterocycles. The van der Waals surface area contributed by atoms with E-state index in [0.29, 0.717) is 0 Å². The maximum atomic E-state index is 11.4. The Morgan fingerprint density at radius 2 is 2.18 bits per heavy atom. The number of ether oxygens (including phenoxy) is 3. The molecular formula is C13H16O4. The molecule has 1 heterocycles. The topological polar surface area (TPSA) is 44.8 Å². The van der Waals surface area contributed by atoms with E-state index in [1.807, 2.05) is 38.1 Å². The molecule has 92 valence electrons. The lowest BCUT2D eigenvalue weighted by molar-refractivity contribution is -0.178. The minimum absolute atomic E-state index is 0.220. The van der Waals surface area contributed by atoms with Crippen LogP contribution in [0.25, 0.3) is 0 Å². The fourth-order valence-corrected chi connectivity index (χ4v) is 2.05. The van der Waals surface area contributed by atoms with Crippen LogP contribution in [0, 0.1) is 6.92 Å². The monoisotopic (exact) mass is 236 g/mol. The summed E-state index contributed by atoms with van der Waals surface area (Å²) in [5, 5.41) is 0. The van der Waals surface area contributed by atoms with E-state index in [4.69, 9.17) is 9.47 Å². The van der Waals surface area contributed by atoms with Gasteiger partial charge in [-0.2, -0.15) is 0 Å². The highest BCUT2D eigenvalue weighted by atomic mass is 16.8. The summed E-state index contributed by atoms with van der Waals surface area (Å²) in [7, 11) is 1.34. The van der Waals surface area contributed by atoms with Crippen molar-refractivity contribution >= 4 is 5.97 Å². The van der Waals surface area contributed by atoms with E-state index in [1.54, 1.807) is 0 Å². The summed E-state index contributed by atoms with van der Waals surface area (Å²) in [4.78, 5) is 11.4. The van der Waals surface area contributed by atoms with Gasteiger partial charge in [-0.3, -0.25) is 0 Å². The normalized spacial score (nSPS) is 28.1. The molecular weight excluding hydrogens is 220 g/mol. The standard InChI is InChI=1S/C13H16O4/c1-9-6-4-5-7-10(9)13(2)16-8-11(17-13)12(14)15-3/h4-7,11H,8H2,1-3H3/t11-,13-/m1/s1. The third-order valence-electron chi connectivity index (χ3n) is 2.98.